The van der Waals surface area contributed by atoms with Crippen molar-refractivity contribution in [2.75, 3.05) is 0 Å². The van der Waals surface area contributed by atoms with Gasteiger partial charge in [-0.3, -0.25) is 0 Å². The van der Waals surface area contributed by atoms with E-state index >= 15 is 0 Å². The zero-order valence-electron chi connectivity index (χ0n) is 10.2. The van der Waals surface area contributed by atoms with Crippen LogP contribution in [0.25, 0.3) is 11.3 Å². The first kappa shape index (κ1) is 13.2. The summed E-state index contributed by atoms with van der Waals surface area (Å²) in [6.07, 6.45) is 1.61. The lowest BCUT2D eigenvalue weighted by molar-refractivity contribution is 0.494. The van der Waals surface area contributed by atoms with Gasteiger partial charge in [0.2, 0.25) is 0 Å². The standard InChI is InChI=1S/C13H15BrFN3/c1-7(2)12(16)13-17-6-11(18-13)9-5-8(14)3-4-10(9)15/h3-7,12H,16H2,1-2H3,(H,17,18). The molecule has 0 bridgehead atoms. The Bertz CT molecular complexity index is 551. The minimum absolute atomic E-state index is 0.172. The van der Waals surface area contributed by atoms with E-state index in [0.717, 1.165) is 4.47 Å². The summed E-state index contributed by atoms with van der Waals surface area (Å²) in [6.45, 7) is 4.04. The number of imidazole rings is 1. The van der Waals surface area contributed by atoms with E-state index in [0.29, 0.717) is 17.1 Å². The van der Waals surface area contributed by atoms with Crippen molar-refractivity contribution in [3.8, 4) is 11.3 Å². The fourth-order valence-electron chi connectivity index (χ4n) is 1.66. The van der Waals surface area contributed by atoms with E-state index in [1.54, 1.807) is 18.3 Å². The van der Waals surface area contributed by atoms with E-state index < -0.39 is 0 Å². The summed E-state index contributed by atoms with van der Waals surface area (Å²) in [5.41, 5.74) is 7.12. The number of aromatic amines is 1. The molecule has 0 aliphatic rings. The molecule has 0 fully saturated rings. The second kappa shape index (κ2) is 5.20. The molecule has 5 heteroatoms. The summed E-state index contributed by atoms with van der Waals surface area (Å²) in [6, 6.07) is 4.63. The van der Waals surface area contributed by atoms with E-state index in [4.69, 9.17) is 5.73 Å². The van der Waals surface area contributed by atoms with Gasteiger partial charge in [-0.2, -0.15) is 0 Å². The van der Waals surface area contributed by atoms with E-state index in [1.165, 1.54) is 6.07 Å². The van der Waals surface area contributed by atoms with Crippen LogP contribution in [-0.2, 0) is 0 Å². The number of rotatable bonds is 3. The maximum atomic E-state index is 13.7. The van der Waals surface area contributed by atoms with Crippen molar-refractivity contribution < 1.29 is 4.39 Å². The predicted molar refractivity (Wildman–Crippen MR) is 73.4 cm³/mol. The third-order valence-electron chi connectivity index (χ3n) is 2.85. The highest BCUT2D eigenvalue weighted by atomic mass is 79.9. The van der Waals surface area contributed by atoms with Gasteiger partial charge in [-0.05, 0) is 24.1 Å². The van der Waals surface area contributed by atoms with Crippen molar-refractivity contribution in [1.29, 1.82) is 0 Å². The summed E-state index contributed by atoms with van der Waals surface area (Å²) in [5.74, 6) is 0.669. The molecule has 0 saturated carbocycles. The Morgan fingerprint density at radius 2 is 2.11 bits per heavy atom. The molecule has 0 saturated heterocycles. The van der Waals surface area contributed by atoms with Crippen molar-refractivity contribution in [3.63, 3.8) is 0 Å². The number of nitrogens with two attached hydrogens (primary N) is 1. The third kappa shape index (κ3) is 2.62. The lowest BCUT2D eigenvalue weighted by atomic mass is 10.1. The zero-order valence-corrected chi connectivity index (χ0v) is 11.8. The monoisotopic (exact) mass is 311 g/mol. The molecule has 1 aromatic carbocycles. The van der Waals surface area contributed by atoms with Crippen LogP contribution in [0.1, 0.15) is 25.7 Å². The Kier molecular flexibility index (Phi) is 3.82. The topological polar surface area (TPSA) is 54.7 Å². The number of halogens is 2. The summed E-state index contributed by atoms with van der Waals surface area (Å²) in [5, 5.41) is 0. The molecular weight excluding hydrogens is 297 g/mol. The fourth-order valence-corrected chi connectivity index (χ4v) is 2.02. The number of nitrogens with one attached hydrogen (secondary N) is 1. The number of aromatic nitrogens is 2. The van der Waals surface area contributed by atoms with Gasteiger partial charge in [0.15, 0.2) is 0 Å². The summed E-state index contributed by atoms with van der Waals surface area (Å²) in [7, 11) is 0. The number of hydrogen-bond acceptors (Lipinski definition) is 2. The van der Waals surface area contributed by atoms with Crippen LogP contribution in [0, 0.1) is 11.7 Å². The third-order valence-corrected chi connectivity index (χ3v) is 3.34. The quantitative estimate of drug-likeness (QED) is 0.909. The van der Waals surface area contributed by atoms with Crippen LogP contribution in [0.5, 0.6) is 0 Å². The average molecular weight is 312 g/mol. The molecule has 2 aromatic rings. The first-order chi connectivity index (χ1) is 8.49. The predicted octanol–water partition coefficient (Wildman–Crippen LogP) is 3.63. The summed E-state index contributed by atoms with van der Waals surface area (Å²) < 4.78 is 14.5. The Morgan fingerprint density at radius 1 is 1.39 bits per heavy atom. The van der Waals surface area contributed by atoms with Crippen molar-refractivity contribution >= 4 is 15.9 Å². The number of hydrogen-bond donors (Lipinski definition) is 2. The lowest BCUT2D eigenvalue weighted by Gasteiger charge is -2.12. The van der Waals surface area contributed by atoms with Crippen LogP contribution in [-0.4, -0.2) is 9.97 Å². The maximum Gasteiger partial charge on any atom is 0.132 e. The van der Waals surface area contributed by atoms with Crippen LogP contribution in [0.4, 0.5) is 4.39 Å². The van der Waals surface area contributed by atoms with Gasteiger partial charge in [0.1, 0.15) is 11.6 Å². The second-order valence-corrected chi connectivity index (χ2v) is 5.49. The van der Waals surface area contributed by atoms with Gasteiger partial charge >= 0.3 is 0 Å². The molecule has 0 radical (unpaired) electrons. The van der Waals surface area contributed by atoms with E-state index in [9.17, 15) is 4.39 Å². The molecule has 96 valence electrons. The molecule has 0 aliphatic heterocycles. The largest absolute Gasteiger partial charge is 0.341 e. The van der Waals surface area contributed by atoms with Crippen LogP contribution in [0.2, 0.25) is 0 Å². The molecule has 3 nitrogen and oxygen atoms in total. The highest BCUT2D eigenvalue weighted by molar-refractivity contribution is 9.10. The molecule has 0 amide bonds. The van der Waals surface area contributed by atoms with Gasteiger partial charge < -0.3 is 10.7 Å². The fraction of sp³-hybridized carbons (Fsp3) is 0.308. The van der Waals surface area contributed by atoms with E-state index in [1.807, 2.05) is 13.8 Å². The highest BCUT2D eigenvalue weighted by Crippen LogP contribution is 2.26. The molecule has 2 rings (SSSR count). The Labute approximate surface area is 114 Å². The van der Waals surface area contributed by atoms with Crippen molar-refractivity contribution in [3.05, 3.63) is 40.5 Å². The van der Waals surface area contributed by atoms with Crippen LogP contribution >= 0.6 is 15.9 Å². The van der Waals surface area contributed by atoms with Gasteiger partial charge in [0, 0.05) is 10.0 Å². The minimum atomic E-state index is -0.286. The maximum absolute atomic E-state index is 13.7. The second-order valence-electron chi connectivity index (χ2n) is 4.58. The first-order valence-electron chi connectivity index (χ1n) is 5.75. The van der Waals surface area contributed by atoms with Gasteiger partial charge in [0.25, 0.3) is 0 Å². The smallest absolute Gasteiger partial charge is 0.132 e. The number of H-pyrrole nitrogens is 1. The van der Waals surface area contributed by atoms with Crippen molar-refractivity contribution in [2.45, 2.75) is 19.9 Å². The molecule has 1 aromatic heterocycles. The lowest BCUT2D eigenvalue weighted by Crippen LogP contribution is -2.18. The Hall–Kier alpha value is -1.20. The molecule has 1 atom stereocenters. The van der Waals surface area contributed by atoms with Gasteiger partial charge in [-0.25, -0.2) is 9.37 Å². The molecular formula is C13H15BrFN3. The van der Waals surface area contributed by atoms with Gasteiger partial charge in [-0.15, -0.1) is 0 Å². The summed E-state index contributed by atoms with van der Waals surface area (Å²) in [4.78, 5) is 7.30. The average Bonchev–Trinajstić information content (AvgIpc) is 2.80. The first-order valence-corrected chi connectivity index (χ1v) is 6.54. The molecule has 0 spiro atoms. The highest BCUT2D eigenvalue weighted by Gasteiger charge is 2.15. The van der Waals surface area contributed by atoms with Crippen LogP contribution < -0.4 is 5.73 Å². The normalized spacial score (nSPS) is 13.0. The Morgan fingerprint density at radius 3 is 2.78 bits per heavy atom. The molecule has 1 heterocycles. The minimum Gasteiger partial charge on any atom is -0.341 e. The van der Waals surface area contributed by atoms with E-state index in [-0.39, 0.29) is 17.8 Å². The molecule has 0 aliphatic carbocycles. The molecule has 1 unspecified atom stereocenters. The molecule has 3 N–H and O–H groups in total. The number of benzene rings is 1. The number of nitrogens with zero attached hydrogens (tertiary/aromatic N) is 1. The van der Waals surface area contributed by atoms with Crippen molar-refractivity contribution in [2.24, 2.45) is 11.7 Å². The van der Waals surface area contributed by atoms with E-state index in [2.05, 4.69) is 25.9 Å². The van der Waals surface area contributed by atoms with Gasteiger partial charge in [-0.1, -0.05) is 29.8 Å². The zero-order chi connectivity index (χ0) is 13.3. The summed E-state index contributed by atoms with van der Waals surface area (Å²) >= 11 is 3.33. The van der Waals surface area contributed by atoms with Crippen LogP contribution in [0.3, 0.4) is 0 Å². The van der Waals surface area contributed by atoms with Crippen molar-refractivity contribution in [1.82, 2.24) is 9.97 Å². The van der Waals surface area contributed by atoms with Gasteiger partial charge in [0.05, 0.1) is 17.9 Å². The Balaban J connectivity index is 2.38. The molecule has 18 heavy (non-hydrogen) atoms. The SMILES string of the molecule is CC(C)C(N)c1ncc(-c2cc(Br)ccc2F)[nH]1. The van der Waals surface area contributed by atoms with Crippen LogP contribution in [0.15, 0.2) is 28.9 Å².